The van der Waals surface area contributed by atoms with Gasteiger partial charge in [0.1, 0.15) is 11.6 Å². The number of hydrogen-bond acceptors (Lipinski definition) is 7. The molecule has 1 aliphatic heterocycles. The molecule has 0 saturated carbocycles. The summed E-state index contributed by atoms with van der Waals surface area (Å²) in [5.41, 5.74) is 1.78. The molecule has 0 N–H and O–H groups in total. The van der Waals surface area contributed by atoms with Gasteiger partial charge in [-0.2, -0.15) is 4.98 Å². The summed E-state index contributed by atoms with van der Waals surface area (Å²) in [6, 6.07) is 11.8. The second-order valence-electron chi connectivity index (χ2n) is 8.05. The van der Waals surface area contributed by atoms with Crippen molar-refractivity contribution in [3.63, 3.8) is 0 Å². The van der Waals surface area contributed by atoms with Crippen molar-refractivity contribution in [3.05, 3.63) is 82.2 Å². The topological polar surface area (TPSA) is 77.7 Å². The number of nitrogens with zero attached hydrogens (tertiary/aromatic N) is 3. The molecule has 9 heteroatoms. The van der Waals surface area contributed by atoms with E-state index < -0.39 is 5.97 Å². The van der Waals surface area contributed by atoms with Crippen molar-refractivity contribution < 1.29 is 23.2 Å². The molecule has 178 valence electrons. The Balaban J connectivity index is 1.24. The first kappa shape index (κ1) is 23.9. The van der Waals surface area contributed by atoms with E-state index in [-0.39, 0.29) is 18.3 Å². The van der Waals surface area contributed by atoms with E-state index in [0.717, 1.165) is 37.1 Å². The Hall–Kier alpha value is -3.23. The van der Waals surface area contributed by atoms with Crippen LogP contribution in [0, 0.1) is 5.82 Å². The summed E-state index contributed by atoms with van der Waals surface area (Å²) in [5.74, 6) is 1.26. The first-order valence-electron chi connectivity index (χ1n) is 11.0. The molecule has 7 nitrogen and oxygen atoms in total. The highest BCUT2D eigenvalue weighted by molar-refractivity contribution is 6.31. The SMILES string of the molecule is COC(=O)C=Cc1ccc(OCc2nc(C3CCN(Cc4ccc(F)cc4Cl)CC3)no2)cc1. The van der Waals surface area contributed by atoms with Crippen molar-refractivity contribution in [1.82, 2.24) is 15.0 Å². The lowest BCUT2D eigenvalue weighted by atomic mass is 9.96. The average Bonchev–Trinajstić information content (AvgIpc) is 3.33. The first-order chi connectivity index (χ1) is 16.5. The van der Waals surface area contributed by atoms with E-state index in [1.165, 1.54) is 25.3 Å². The Morgan fingerprint density at radius 1 is 1.24 bits per heavy atom. The lowest BCUT2D eigenvalue weighted by Crippen LogP contribution is -2.32. The minimum absolute atomic E-state index is 0.173. The molecule has 0 atom stereocenters. The van der Waals surface area contributed by atoms with Crippen LogP contribution in [0.5, 0.6) is 5.75 Å². The summed E-state index contributed by atoms with van der Waals surface area (Å²) in [6.07, 6.45) is 4.83. The van der Waals surface area contributed by atoms with Crippen LogP contribution in [0.15, 0.2) is 53.1 Å². The van der Waals surface area contributed by atoms with Gasteiger partial charge in [0.25, 0.3) is 5.89 Å². The molecule has 0 bridgehead atoms. The Bertz CT molecular complexity index is 1140. The Labute approximate surface area is 202 Å². The second kappa shape index (κ2) is 11.3. The predicted molar refractivity (Wildman–Crippen MR) is 125 cm³/mol. The van der Waals surface area contributed by atoms with Crippen molar-refractivity contribution in [1.29, 1.82) is 0 Å². The molecule has 0 spiro atoms. The van der Waals surface area contributed by atoms with Crippen LogP contribution in [0.25, 0.3) is 6.08 Å². The molecular formula is C25H25ClFN3O4. The number of rotatable bonds is 8. The van der Waals surface area contributed by atoms with E-state index in [9.17, 15) is 9.18 Å². The fourth-order valence-electron chi connectivity index (χ4n) is 3.79. The zero-order valence-electron chi connectivity index (χ0n) is 18.7. The maximum absolute atomic E-state index is 13.3. The Morgan fingerprint density at radius 3 is 2.71 bits per heavy atom. The smallest absolute Gasteiger partial charge is 0.330 e. The molecule has 1 saturated heterocycles. The molecule has 34 heavy (non-hydrogen) atoms. The monoisotopic (exact) mass is 485 g/mol. The highest BCUT2D eigenvalue weighted by Gasteiger charge is 2.25. The van der Waals surface area contributed by atoms with Crippen LogP contribution in [0.1, 0.15) is 41.6 Å². The number of ether oxygens (including phenoxy) is 2. The van der Waals surface area contributed by atoms with Gasteiger partial charge in [-0.25, -0.2) is 9.18 Å². The zero-order valence-corrected chi connectivity index (χ0v) is 19.5. The predicted octanol–water partition coefficient (Wildman–Crippen LogP) is 5.01. The normalized spacial score (nSPS) is 15.0. The van der Waals surface area contributed by atoms with Crippen LogP contribution in [0.3, 0.4) is 0 Å². The van der Waals surface area contributed by atoms with E-state index in [1.54, 1.807) is 24.3 Å². The van der Waals surface area contributed by atoms with Crippen LogP contribution in [0.2, 0.25) is 5.02 Å². The standard InChI is InChI=1S/C25H25ClFN3O4/c1-32-24(31)9-4-17-2-7-21(8-3-17)33-16-23-28-25(29-34-23)18-10-12-30(13-11-18)15-19-5-6-20(27)14-22(19)26/h2-9,14,18H,10-13,15-16H2,1H3. The highest BCUT2D eigenvalue weighted by Crippen LogP contribution is 2.28. The van der Waals surface area contributed by atoms with Crippen molar-refractivity contribution in [3.8, 4) is 5.75 Å². The number of halogens is 2. The second-order valence-corrected chi connectivity index (χ2v) is 8.45. The third-order valence-electron chi connectivity index (χ3n) is 5.70. The van der Waals surface area contributed by atoms with Gasteiger partial charge in [0, 0.05) is 23.6 Å². The molecule has 4 rings (SSSR count). The third-order valence-corrected chi connectivity index (χ3v) is 6.05. The van der Waals surface area contributed by atoms with Crippen LogP contribution >= 0.6 is 11.6 Å². The molecule has 2 heterocycles. The van der Waals surface area contributed by atoms with Gasteiger partial charge in [0.05, 0.1) is 7.11 Å². The fraction of sp³-hybridized carbons (Fsp3) is 0.320. The summed E-state index contributed by atoms with van der Waals surface area (Å²) < 4.78 is 28.9. The minimum atomic E-state index is -0.407. The van der Waals surface area contributed by atoms with Gasteiger partial charge >= 0.3 is 5.97 Å². The summed E-state index contributed by atoms with van der Waals surface area (Å²) in [6.45, 7) is 2.60. The summed E-state index contributed by atoms with van der Waals surface area (Å²) >= 11 is 6.16. The molecule has 0 amide bonds. The summed E-state index contributed by atoms with van der Waals surface area (Å²) in [5, 5.41) is 4.60. The number of carbonyl (C=O) groups is 1. The molecule has 2 aromatic carbocycles. The number of methoxy groups -OCH3 is 1. The minimum Gasteiger partial charge on any atom is -0.484 e. The van der Waals surface area contributed by atoms with Crippen LogP contribution in [0.4, 0.5) is 4.39 Å². The maximum atomic E-state index is 13.3. The van der Waals surface area contributed by atoms with Crippen molar-refractivity contribution >= 4 is 23.6 Å². The van der Waals surface area contributed by atoms with Crippen LogP contribution < -0.4 is 4.74 Å². The van der Waals surface area contributed by atoms with Gasteiger partial charge < -0.3 is 14.0 Å². The first-order valence-corrected chi connectivity index (χ1v) is 11.4. The van der Waals surface area contributed by atoms with Gasteiger partial charge in [0.2, 0.25) is 0 Å². The van der Waals surface area contributed by atoms with Crippen molar-refractivity contribution in [2.45, 2.75) is 31.9 Å². The van der Waals surface area contributed by atoms with Crippen molar-refractivity contribution in [2.75, 3.05) is 20.2 Å². The molecule has 0 aliphatic carbocycles. The zero-order chi connectivity index (χ0) is 23.9. The number of piperidine rings is 1. The third kappa shape index (κ3) is 6.42. The lowest BCUT2D eigenvalue weighted by molar-refractivity contribution is -0.134. The summed E-state index contributed by atoms with van der Waals surface area (Å²) in [7, 11) is 1.34. The molecule has 1 aromatic heterocycles. The summed E-state index contributed by atoms with van der Waals surface area (Å²) in [4.78, 5) is 18.0. The fourth-order valence-corrected chi connectivity index (χ4v) is 4.01. The van der Waals surface area contributed by atoms with E-state index in [2.05, 4.69) is 19.8 Å². The Morgan fingerprint density at radius 2 is 2.00 bits per heavy atom. The van der Waals surface area contributed by atoms with E-state index in [1.807, 2.05) is 12.1 Å². The maximum Gasteiger partial charge on any atom is 0.330 e. The number of aromatic nitrogens is 2. The largest absolute Gasteiger partial charge is 0.484 e. The van der Waals surface area contributed by atoms with Gasteiger partial charge in [-0.05, 0) is 67.4 Å². The van der Waals surface area contributed by atoms with Gasteiger partial charge in [-0.15, -0.1) is 0 Å². The van der Waals surface area contributed by atoms with Gasteiger partial charge in [0.15, 0.2) is 12.4 Å². The molecule has 1 fully saturated rings. The molecule has 0 unspecified atom stereocenters. The molecule has 1 aliphatic rings. The molecule has 3 aromatic rings. The van der Waals surface area contributed by atoms with Gasteiger partial charge in [-0.1, -0.05) is 35.0 Å². The van der Waals surface area contributed by atoms with Crippen LogP contribution in [-0.2, 0) is 22.7 Å². The average molecular weight is 486 g/mol. The van der Waals surface area contributed by atoms with E-state index in [4.69, 9.17) is 20.9 Å². The number of hydrogen-bond donors (Lipinski definition) is 0. The van der Waals surface area contributed by atoms with E-state index in [0.29, 0.717) is 29.0 Å². The number of esters is 1. The van der Waals surface area contributed by atoms with Gasteiger partial charge in [-0.3, -0.25) is 4.90 Å². The number of carbonyl (C=O) groups excluding carboxylic acids is 1. The molecule has 0 radical (unpaired) electrons. The highest BCUT2D eigenvalue weighted by atomic mass is 35.5. The Kier molecular flexibility index (Phi) is 7.92. The molecular weight excluding hydrogens is 461 g/mol. The number of benzene rings is 2. The van der Waals surface area contributed by atoms with Crippen molar-refractivity contribution in [2.24, 2.45) is 0 Å². The van der Waals surface area contributed by atoms with E-state index >= 15 is 0 Å². The van der Waals surface area contributed by atoms with Crippen LogP contribution in [-0.4, -0.2) is 41.2 Å². The lowest BCUT2D eigenvalue weighted by Gasteiger charge is -2.30. The number of likely N-dealkylation sites (tertiary alicyclic amines) is 1. The quantitative estimate of drug-likeness (QED) is 0.328.